The quantitative estimate of drug-likeness (QED) is 0.818. The lowest BCUT2D eigenvalue weighted by molar-refractivity contribution is -0.133. The minimum atomic E-state index is 0. The molecule has 1 amide bonds. The second kappa shape index (κ2) is 7.80. The molecule has 5 heteroatoms. The molecule has 1 aliphatic carbocycles. The summed E-state index contributed by atoms with van der Waals surface area (Å²) in [6, 6.07) is 0.261. The molecular weight excluding hydrogens is 288 g/mol. The highest BCUT2D eigenvalue weighted by Gasteiger charge is 2.49. The van der Waals surface area contributed by atoms with E-state index in [1.165, 1.54) is 12.8 Å². The zero-order chi connectivity index (χ0) is 14.8. The highest BCUT2D eigenvalue weighted by atomic mass is 35.5. The fourth-order valence-corrected chi connectivity index (χ4v) is 3.61. The Kier molecular flexibility index (Phi) is 6.95. The molecule has 1 saturated carbocycles. The van der Waals surface area contributed by atoms with Crippen LogP contribution in [0.15, 0.2) is 0 Å². The lowest BCUT2D eigenvalue weighted by Crippen LogP contribution is -2.61. The van der Waals surface area contributed by atoms with Crippen LogP contribution in [0.25, 0.3) is 0 Å². The summed E-state index contributed by atoms with van der Waals surface area (Å²) in [5.41, 5.74) is 0.0556. The summed E-state index contributed by atoms with van der Waals surface area (Å²) >= 11 is 0. The third-order valence-electron chi connectivity index (χ3n) is 5.44. The third-order valence-corrected chi connectivity index (χ3v) is 5.44. The number of amides is 1. The van der Waals surface area contributed by atoms with Crippen LogP contribution in [0.2, 0.25) is 0 Å². The van der Waals surface area contributed by atoms with Crippen LogP contribution in [0.1, 0.15) is 46.5 Å². The molecule has 0 aromatic heterocycles. The average molecular weight is 319 g/mol. The highest BCUT2D eigenvalue weighted by molar-refractivity contribution is 5.85. The van der Waals surface area contributed by atoms with Gasteiger partial charge in [-0.25, -0.2) is 0 Å². The standard InChI is InChI=1S/C16H30N2O2.ClH/c1-11(12-6-5-7-17-10-12)8-15(19)18-13-9-14(20-4)16(13,2)3;/h11-14,17H,5-10H2,1-4H3,(H,18,19);1H. The zero-order valence-electron chi connectivity index (χ0n) is 13.8. The van der Waals surface area contributed by atoms with E-state index in [1.54, 1.807) is 7.11 Å². The molecule has 0 aromatic carbocycles. The van der Waals surface area contributed by atoms with Crippen molar-refractivity contribution in [3.8, 4) is 0 Å². The molecule has 124 valence electrons. The zero-order valence-corrected chi connectivity index (χ0v) is 14.6. The first-order chi connectivity index (χ1) is 9.45. The lowest BCUT2D eigenvalue weighted by Gasteiger charge is -2.51. The van der Waals surface area contributed by atoms with Crippen molar-refractivity contribution in [1.82, 2.24) is 10.6 Å². The van der Waals surface area contributed by atoms with Crippen LogP contribution in [0, 0.1) is 17.3 Å². The van der Waals surface area contributed by atoms with Crippen molar-refractivity contribution in [2.24, 2.45) is 17.3 Å². The summed E-state index contributed by atoms with van der Waals surface area (Å²) in [5.74, 6) is 1.32. The van der Waals surface area contributed by atoms with Gasteiger partial charge in [0, 0.05) is 25.0 Å². The second-order valence-corrected chi connectivity index (χ2v) is 7.19. The first kappa shape index (κ1) is 18.7. The number of piperidine rings is 1. The van der Waals surface area contributed by atoms with Crippen LogP contribution in [-0.4, -0.2) is 38.3 Å². The molecule has 0 radical (unpaired) electrons. The van der Waals surface area contributed by atoms with Crippen LogP contribution in [0.5, 0.6) is 0 Å². The fraction of sp³-hybridized carbons (Fsp3) is 0.938. The smallest absolute Gasteiger partial charge is 0.220 e. The molecule has 0 spiro atoms. The first-order valence-corrected chi connectivity index (χ1v) is 7.98. The summed E-state index contributed by atoms with van der Waals surface area (Å²) in [4.78, 5) is 12.2. The van der Waals surface area contributed by atoms with Gasteiger partial charge in [-0.3, -0.25) is 4.79 Å². The molecule has 4 atom stereocenters. The molecule has 21 heavy (non-hydrogen) atoms. The van der Waals surface area contributed by atoms with Crippen molar-refractivity contribution in [3.63, 3.8) is 0 Å². The number of carbonyl (C=O) groups is 1. The van der Waals surface area contributed by atoms with Crippen LogP contribution in [-0.2, 0) is 9.53 Å². The molecular formula is C16H31ClN2O2. The number of hydrogen-bond acceptors (Lipinski definition) is 3. The van der Waals surface area contributed by atoms with E-state index in [1.807, 2.05) is 0 Å². The first-order valence-electron chi connectivity index (χ1n) is 7.98. The Morgan fingerprint density at radius 2 is 2.19 bits per heavy atom. The van der Waals surface area contributed by atoms with E-state index >= 15 is 0 Å². The highest BCUT2D eigenvalue weighted by Crippen LogP contribution is 2.42. The van der Waals surface area contributed by atoms with Gasteiger partial charge in [-0.15, -0.1) is 12.4 Å². The predicted molar refractivity (Wildman–Crippen MR) is 87.7 cm³/mol. The number of rotatable bonds is 5. The molecule has 2 aliphatic rings. The van der Waals surface area contributed by atoms with Crippen LogP contribution >= 0.6 is 12.4 Å². The summed E-state index contributed by atoms with van der Waals surface area (Å²) < 4.78 is 5.43. The van der Waals surface area contributed by atoms with Gasteiger partial charge in [0.1, 0.15) is 0 Å². The van der Waals surface area contributed by atoms with Gasteiger partial charge >= 0.3 is 0 Å². The average Bonchev–Trinajstić information content (AvgIpc) is 2.43. The van der Waals surface area contributed by atoms with Crippen molar-refractivity contribution in [3.05, 3.63) is 0 Å². The third kappa shape index (κ3) is 4.33. The summed E-state index contributed by atoms with van der Waals surface area (Å²) in [5, 5.41) is 6.63. The van der Waals surface area contributed by atoms with E-state index in [0.717, 1.165) is 19.5 Å². The fourth-order valence-electron chi connectivity index (χ4n) is 3.61. The number of halogens is 1. The van der Waals surface area contributed by atoms with Crippen molar-refractivity contribution in [2.45, 2.75) is 58.6 Å². The number of carbonyl (C=O) groups excluding carboxylic acids is 1. The maximum atomic E-state index is 12.2. The van der Waals surface area contributed by atoms with Crippen LogP contribution in [0.4, 0.5) is 0 Å². The minimum absolute atomic E-state index is 0. The van der Waals surface area contributed by atoms with Gasteiger partial charge in [0.05, 0.1) is 6.10 Å². The molecule has 1 aliphatic heterocycles. The molecule has 1 heterocycles. The van der Waals surface area contributed by atoms with Gasteiger partial charge in [0.25, 0.3) is 0 Å². The Bertz CT molecular complexity index is 343. The summed E-state index contributed by atoms with van der Waals surface area (Å²) in [7, 11) is 1.75. The summed E-state index contributed by atoms with van der Waals surface area (Å²) in [6.45, 7) is 8.74. The Labute approximate surface area is 135 Å². The maximum Gasteiger partial charge on any atom is 0.220 e. The number of hydrogen-bond donors (Lipinski definition) is 2. The Morgan fingerprint density at radius 3 is 2.71 bits per heavy atom. The van der Waals surface area contributed by atoms with E-state index in [4.69, 9.17) is 4.74 Å². The van der Waals surface area contributed by atoms with Crippen molar-refractivity contribution < 1.29 is 9.53 Å². The lowest BCUT2D eigenvalue weighted by atomic mass is 9.64. The Hall–Kier alpha value is -0.320. The number of nitrogens with one attached hydrogen (secondary N) is 2. The second-order valence-electron chi connectivity index (χ2n) is 7.19. The van der Waals surface area contributed by atoms with Crippen LogP contribution < -0.4 is 10.6 Å². The topological polar surface area (TPSA) is 50.4 Å². The van der Waals surface area contributed by atoms with E-state index < -0.39 is 0 Å². The molecule has 1 saturated heterocycles. The molecule has 2 rings (SSSR count). The minimum Gasteiger partial charge on any atom is -0.381 e. The van der Waals surface area contributed by atoms with Crippen molar-refractivity contribution in [1.29, 1.82) is 0 Å². The molecule has 0 aromatic rings. The predicted octanol–water partition coefficient (Wildman–Crippen LogP) is 2.36. The van der Waals surface area contributed by atoms with E-state index in [2.05, 4.69) is 31.4 Å². The van der Waals surface area contributed by atoms with Crippen molar-refractivity contribution >= 4 is 18.3 Å². The molecule has 0 bridgehead atoms. The van der Waals surface area contributed by atoms with E-state index in [-0.39, 0.29) is 35.9 Å². The number of ether oxygens (including phenoxy) is 1. The van der Waals surface area contributed by atoms with Gasteiger partial charge in [-0.1, -0.05) is 20.8 Å². The van der Waals surface area contributed by atoms with Gasteiger partial charge in [0.15, 0.2) is 0 Å². The number of methoxy groups -OCH3 is 1. The van der Waals surface area contributed by atoms with Crippen LogP contribution in [0.3, 0.4) is 0 Å². The molecule has 4 nitrogen and oxygen atoms in total. The Balaban J connectivity index is 0.00000220. The SMILES string of the molecule is COC1CC(NC(=O)CC(C)C2CCCNC2)C1(C)C.Cl. The van der Waals surface area contributed by atoms with E-state index in [0.29, 0.717) is 18.3 Å². The van der Waals surface area contributed by atoms with Gasteiger partial charge in [-0.05, 0) is 44.2 Å². The van der Waals surface area contributed by atoms with E-state index in [9.17, 15) is 4.79 Å². The maximum absolute atomic E-state index is 12.2. The van der Waals surface area contributed by atoms with Gasteiger partial charge in [0.2, 0.25) is 5.91 Å². The molecule has 4 unspecified atom stereocenters. The summed E-state index contributed by atoms with van der Waals surface area (Å²) in [6.07, 6.45) is 4.35. The van der Waals surface area contributed by atoms with Crippen molar-refractivity contribution in [2.75, 3.05) is 20.2 Å². The molecule has 2 fully saturated rings. The normalized spacial score (nSPS) is 32.5. The monoisotopic (exact) mass is 318 g/mol. The van der Waals surface area contributed by atoms with Gasteiger partial charge < -0.3 is 15.4 Å². The largest absolute Gasteiger partial charge is 0.381 e. The van der Waals surface area contributed by atoms with Gasteiger partial charge in [-0.2, -0.15) is 0 Å². The Morgan fingerprint density at radius 1 is 1.48 bits per heavy atom. The molecule has 2 N–H and O–H groups in total.